The van der Waals surface area contributed by atoms with E-state index in [-0.39, 0.29) is 23.9 Å². The van der Waals surface area contributed by atoms with Gasteiger partial charge in [-0.15, -0.1) is 0 Å². The minimum Gasteiger partial charge on any atom is -0.367 e. The number of carbonyl (C=O) groups is 1. The summed E-state index contributed by atoms with van der Waals surface area (Å²) >= 11 is 12.3. The summed E-state index contributed by atoms with van der Waals surface area (Å²) in [7, 11) is 0. The molecule has 136 valence electrons. The molecule has 7 heteroatoms. The second-order valence-corrected chi connectivity index (χ2v) is 8.88. The molecule has 1 N–H and O–H groups in total. The first-order chi connectivity index (χ1) is 12.5. The Morgan fingerprint density at radius 2 is 1.92 bits per heavy atom. The third-order valence-corrected chi connectivity index (χ3v) is 7.05. The van der Waals surface area contributed by atoms with Gasteiger partial charge < -0.3 is 15.1 Å². The highest BCUT2D eigenvalue weighted by Gasteiger charge is 2.56. The second kappa shape index (κ2) is 5.94. The van der Waals surface area contributed by atoms with Gasteiger partial charge in [0.15, 0.2) is 6.19 Å². The Morgan fingerprint density at radius 3 is 2.62 bits per heavy atom. The lowest BCUT2D eigenvalue weighted by Crippen LogP contribution is -2.46. The van der Waals surface area contributed by atoms with Crippen molar-refractivity contribution >= 4 is 34.8 Å². The van der Waals surface area contributed by atoms with Gasteiger partial charge >= 0.3 is 0 Å². The van der Waals surface area contributed by atoms with Gasteiger partial charge in [-0.2, -0.15) is 5.26 Å². The number of anilines is 1. The van der Waals surface area contributed by atoms with Gasteiger partial charge in [0, 0.05) is 34.4 Å². The smallest absolute Gasteiger partial charge is 0.225 e. The Kier molecular flexibility index (Phi) is 3.77. The summed E-state index contributed by atoms with van der Waals surface area (Å²) in [4.78, 5) is 17.1. The zero-order chi connectivity index (χ0) is 18.0. The fraction of sp³-hybridized carbons (Fsp3) is 0.579. The van der Waals surface area contributed by atoms with Crippen molar-refractivity contribution in [3.05, 3.63) is 28.2 Å². The molecule has 0 radical (unpaired) electrons. The van der Waals surface area contributed by atoms with E-state index >= 15 is 0 Å². The van der Waals surface area contributed by atoms with Gasteiger partial charge in [0.1, 0.15) is 0 Å². The predicted molar refractivity (Wildman–Crippen MR) is 100 cm³/mol. The molecule has 2 bridgehead atoms. The molecule has 5 nitrogen and oxygen atoms in total. The van der Waals surface area contributed by atoms with Crippen LogP contribution in [0, 0.1) is 23.3 Å². The summed E-state index contributed by atoms with van der Waals surface area (Å²) in [5.74, 6) is 0.564. The van der Waals surface area contributed by atoms with E-state index in [1.165, 1.54) is 0 Å². The number of carbonyl (C=O) groups excluding carboxylic acids is 1. The summed E-state index contributed by atoms with van der Waals surface area (Å²) in [5.41, 5.74) is 1.00. The van der Waals surface area contributed by atoms with Crippen LogP contribution in [0.4, 0.5) is 5.69 Å². The summed E-state index contributed by atoms with van der Waals surface area (Å²) in [5, 5.41) is 13.8. The summed E-state index contributed by atoms with van der Waals surface area (Å²) in [6, 6.07) is 6.61. The minimum absolute atomic E-state index is 0.00687. The standard InChI is InChI=1S/C19H20Cl2N4O/c20-10-3-11(21)5-13(4-10)24-8-15(14-7-18(14)24)19(26)23-16-6-12-1-2-17(16)25(12)9-22/h3-5,12,14-18H,1-2,6-8H2,(H,23,26)/t12-,14+,15-,16+,17+,18-/m0/s1. The van der Waals surface area contributed by atoms with E-state index in [2.05, 4.69) is 16.4 Å². The molecule has 4 fully saturated rings. The molecule has 3 saturated heterocycles. The number of nitrogens with zero attached hydrogens (tertiary/aromatic N) is 3. The van der Waals surface area contributed by atoms with E-state index in [0.717, 1.165) is 31.4 Å². The van der Waals surface area contributed by atoms with Crippen molar-refractivity contribution in [2.75, 3.05) is 11.4 Å². The van der Waals surface area contributed by atoms with Crippen molar-refractivity contribution in [2.45, 2.75) is 49.9 Å². The molecule has 1 aromatic rings. The van der Waals surface area contributed by atoms with Gasteiger partial charge in [0.2, 0.25) is 5.91 Å². The molecule has 3 heterocycles. The topological polar surface area (TPSA) is 59.4 Å². The van der Waals surface area contributed by atoms with Gasteiger partial charge in [0.05, 0.1) is 18.0 Å². The number of nitrogens with one attached hydrogen (secondary N) is 1. The molecule has 1 saturated carbocycles. The first kappa shape index (κ1) is 16.5. The lowest BCUT2D eigenvalue weighted by atomic mass is 9.94. The quantitative estimate of drug-likeness (QED) is 0.805. The lowest BCUT2D eigenvalue weighted by Gasteiger charge is -2.26. The number of hydrogen-bond acceptors (Lipinski definition) is 4. The van der Waals surface area contributed by atoms with Crippen LogP contribution in [0.3, 0.4) is 0 Å². The van der Waals surface area contributed by atoms with E-state index in [1.807, 2.05) is 17.0 Å². The van der Waals surface area contributed by atoms with Crippen LogP contribution < -0.4 is 10.2 Å². The van der Waals surface area contributed by atoms with Crippen molar-refractivity contribution in [3.63, 3.8) is 0 Å². The van der Waals surface area contributed by atoms with Crippen LogP contribution in [0.25, 0.3) is 0 Å². The molecule has 1 amide bonds. The highest BCUT2D eigenvalue weighted by molar-refractivity contribution is 6.35. The molecule has 0 unspecified atom stereocenters. The zero-order valence-electron chi connectivity index (χ0n) is 14.2. The molecule has 4 aliphatic rings. The Balaban J connectivity index is 1.27. The number of halogens is 2. The molecule has 26 heavy (non-hydrogen) atoms. The zero-order valence-corrected chi connectivity index (χ0v) is 15.7. The van der Waals surface area contributed by atoms with Crippen molar-refractivity contribution in [2.24, 2.45) is 11.8 Å². The Labute approximate surface area is 162 Å². The van der Waals surface area contributed by atoms with Crippen LogP contribution >= 0.6 is 23.2 Å². The maximum atomic E-state index is 12.9. The van der Waals surface area contributed by atoms with E-state index in [9.17, 15) is 10.1 Å². The average Bonchev–Trinajstić information content (AvgIpc) is 2.99. The highest BCUT2D eigenvalue weighted by atomic mass is 35.5. The van der Waals surface area contributed by atoms with E-state index in [0.29, 0.717) is 34.6 Å². The van der Waals surface area contributed by atoms with E-state index < -0.39 is 0 Å². The molecular formula is C19H20Cl2N4O. The summed E-state index contributed by atoms with van der Waals surface area (Å²) < 4.78 is 0. The number of rotatable bonds is 3. The number of nitriles is 1. The van der Waals surface area contributed by atoms with Crippen LogP contribution in [0.1, 0.15) is 25.7 Å². The summed E-state index contributed by atoms with van der Waals surface area (Å²) in [6.45, 7) is 0.709. The molecule has 6 atom stereocenters. The number of fused-ring (bicyclic) bond motifs is 3. The third kappa shape index (κ3) is 2.54. The number of amides is 1. The molecule has 0 spiro atoms. The van der Waals surface area contributed by atoms with Gasteiger partial charge in [-0.1, -0.05) is 23.2 Å². The Bertz CT molecular complexity index is 789. The van der Waals surface area contributed by atoms with Gasteiger partial charge in [-0.3, -0.25) is 4.79 Å². The minimum atomic E-state index is 0.00687. The van der Waals surface area contributed by atoms with Crippen LogP contribution in [-0.2, 0) is 4.79 Å². The Hall–Kier alpha value is -1.64. The summed E-state index contributed by atoms with van der Waals surface area (Å²) in [6.07, 6.45) is 6.33. The van der Waals surface area contributed by atoms with Gasteiger partial charge in [-0.05, 0) is 49.8 Å². The Morgan fingerprint density at radius 1 is 1.15 bits per heavy atom. The van der Waals surface area contributed by atoms with Gasteiger partial charge in [-0.25, -0.2) is 0 Å². The van der Waals surface area contributed by atoms with Crippen LogP contribution in [0.2, 0.25) is 10.0 Å². The van der Waals surface area contributed by atoms with E-state index in [1.54, 1.807) is 6.07 Å². The van der Waals surface area contributed by atoms with Crippen molar-refractivity contribution in [1.82, 2.24) is 10.2 Å². The van der Waals surface area contributed by atoms with E-state index in [4.69, 9.17) is 23.2 Å². The van der Waals surface area contributed by atoms with Crippen molar-refractivity contribution in [3.8, 4) is 6.19 Å². The fourth-order valence-electron chi connectivity index (χ4n) is 5.34. The lowest BCUT2D eigenvalue weighted by molar-refractivity contribution is -0.125. The molecule has 1 aromatic carbocycles. The van der Waals surface area contributed by atoms with Crippen LogP contribution in [-0.4, -0.2) is 41.5 Å². The second-order valence-electron chi connectivity index (χ2n) is 8.01. The molecule has 1 aliphatic carbocycles. The average molecular weight is 391 g/mol. The maximum absolute atomic E-state index is 12.9. The maximum Gasteiger partial charge on any atom is 0.225 e. The van der Waals surface area contributed by atoms with Crippen LogP contribution in [0.15, 0.2) is 18.2 Å². The molecule has 5 rings (SSSR count). The monoisotopic (exact) mass is 390 g/mol. The SMILES string of the molecule is N#CN1[C@H]2CC[C@@H]1[C@H](NC(=O)[C@H]1CN(c3cc(Cl)cc(Cl)c3)[C@H]3C[C@H]13)C2. The largest absolute Gasteiger partial charge is 0.367 e. The third-order valence-electron chi connectivity index (χ3n) is 6.61. The van der Waals surface area contributed by atoms with Crippen molar-refractivity contribution < 1.29 is 4.79 Å². The first-order valence-corrected chi connectivity index (χ1v) is 10.0. The number of hydrogen-bond donors (Lipinski definition) is 1. The van der Waals surface area contributed by atoms with Gasteiger partial charge in [0.25, 0.3) is 0 Å². The molecule has 3 aliphatic heterocycles. The highest BCUT2D eigenvalue weighted by Crippen LogP contribution is 2.50. The molecular weight excluding hydrogens is 371 g/mol. The molecule has 0 aromatic heterocycles. The van der Waals surface area contributed by atoms with Crippen molar-refractivity contribution in [1.29, 1.82) is 5.26 Å². The van der Waals surface area contributed by atoms with Crippen LogP contribution in [0.5, 0.6) is 0 Å². The number of benzene rings is 1. The number of piperidine rings is 1. The predicted octanol–water partition coefficient (Wildman–Crippen LogP) is 3.02. The first-order valence-electron chi connectivity index (χ1n) is 9.26. The fourth-order valence-corrected chi connectivity index (χ4v) is 5.86. The normalized spacial score (nSPS) is 36.8.